The second-order valence-corrected chi connectivity index (χ2v) is 13.2. The molecule has 1 atom stereocenters. The van der Waals surface area contributed by atoms with Crippen molar-refractivity contribution in [3.8, 4) is 16.9 Å². The lowest BCUT2D eigenvalue weighted by Gasteiger charge is -2.37. The maximum Gasteiger partial charge on any atom is 0.422 e. The van der Waals surface area contributed by atoms with Crippen molar-refractivity contribution in [3.05, 3.63) is 71.0 Å². The molecule has 3 aromatic rings. The molecule has 0 radical (unpaired) electrons. The standard InChI is InChI=1S/C30H29ClF4N2O5S/c1-36-27(18-6-3-2-4-7-18)16-37(20-8-5-9-21(13-20)42-17-30(33,34)35)26-15-24(31)22(14-28(26)43(36,40)41)19-10-11-25(32)23(12-19)29(38)39/h5,8-15,18,27H,2-4,6-7,16-17H2,1H3,(H,38,39)/t27-/m0/s1. The van der Waals surface area contributed by atoms with E-state index in [0.29, 0.717) is 5.69 Å². The fourth-order valence-electron chi connectivity index (χ4n) is 5.89. The third-order valence-electron chi connectivity index (χ3n) is 8.07. The van der Waals surface area contributed by atoms with E-state index < -0.39 is 46.2 Å². The number of nitrogens with zero attached hydrogens (tertiary/aromatic N) is 2. The summed E-state index contributed by atoms with van der Waals surface area (Å²) in [5, 5.41) is 9.49. The first-order valence-electron chi connectivity index (χ1n) is 13.7. The number of halogens is 5. The first-order chi connectivity index (χ1) is 20.3. The summed E-state index contributed by atoms with van der Waals surface area (Å²) < 4.78 is 87.5. The number of likely N-dealkylation sites (N-methyl/N-ethyl adjacent to an activating group) is 1. The van der Waals surface area contributed by atoms with Crippen LogP contribution in [0.5, 0.6) is 5.75 Å². The second kappa shape index (κ2) is 12.0. The molecule has 1 fully saturated rings. The van der Waals surface area contributed by atoms with Crippen molar-refractivity contribution in [1.82, 2.24) is 4.31 Å². The Bertz CT molecular complexity index is 1640. The summed E-state index contributed by atoms with van der Waals surface area (Å²) in [6, 6.07) is 11.7. The minimum Gasteiger partial charge on any atom is -0.484 e. The van der Waals surface area contributed by atoms with Gasteiger partial charge in [0.15, 0.2) is 6.61 Å². The van der Waals surface area contributed by atoms with Gasteiger partial charge in [-0.1, -0.05) is 43.0 Å². The topological polar surface area (TPSA) is 87.2 Å². The number of anilines is 2. The van der Waals surface area contributed by atoms with Crippen LogP contribution in [0.1, 0.15) is 42.5 Å². The average molecular weight is 641 g/mol. The molecular weight excluding hydrogens is 612 g/mol. The van der Waals surface area contributed by atoms with Gasteiger partial charge in [-0.25, -0.2) is 17.6 Å². The Morgan fingerprint density at radius 1 is 1.07 bits per heavy atom. The van der Waals surface area contributed by atoms with E-state index in [9.17, 15) is 35.9 Å². The van der Waals surface area contributed by atoms with Crippen molar-refractivity contribution < 1.29 is 40.6 Å². The number of carboxylic acids is 1. The Morgan fingerprint density at radius 3 is 2.47 bits per heavy atom. The van der Waals surface area contributed by atoms with Gasteiger partial charge in [0.25, 0.3) is 0 Å². The van der Waals surface area contributed by atoms with Crippen molar-refractivity contribution in [2.75, 3.05) is 25.1 Å². The van der Waals surface area contributed by atoms with Gasteiger partial charge in [-0.05, 0) is 60.7 Å². The van der Waals surface area contributed by atoms with Crippen LogP contribution in [0.4, 0.5) is 28.9 Å². The molecular formula is C30H29ClF4N2O5S. The maximum atomic E-state index is 14.2. The summed E-state index contributed by atoms with van der Waals surface area (Å²) in [6.07, 6.45) is 0.0620. The molecule has 0 amide bonds. The van der Waals surface area contributed by atoms with Crippen molar-refractivity contribution in [1.29, 1.82) is 0 Å². The maximum absolute atomic E-state index is 14.2. The SMILES string of the molecule is CN1[C@H](C2CCCCC2)CN(c2cccc(OCC(F)(F)F)c2)c2cc(Cl)c(-c3ccc(F)c(C(=O)O)c3)cc2S1(=O)=O. The summed E-state index contributed by atoms with van der Waals surface area (Å²) in [6.45, 7) is -1.29. The number of fused-ring (bicyclic) bond motifs is 1. The van der Waals surface area contributed by atoms with Crippen LogP contribution in [0.3, 0.4) is 0 Å². The molecule has 1 N–H and O–H groups in total. The first kappa shape index (κ1) is 31.1. The van der Waals surface area contributed by atoms with E-state index in [0.717, 1.165) is 44.2 Å². The van der Waals surface area contributed by atoms with Crippen molar-refractivity contribution in [3.63, 3.8) is 0 Å². The lowest BCUT2D eigenvalue weighted by atomic mass is 9.83. The van der Waals surface area contributed by atoms with E-state index in [1.807, 2.05) is 0 Å². The summed E-state index contributed by atoms with van der Waals surface area (Å²) in [5.41, 5.74) is 0.390. The van der Waals surface area contributed by atoms with E-state index in [4.69, 9.17) is 16.3 Å². The average Bonchev–Trinajstić information content (AvgIpc) is 3.04. The molecule has 0 bridgehead atoms. The van der Waals surface area contributed by atoms with E-state index in [1.165, 1.54) is 47.8 Å². The third-order valence-corrected chi connectivity index (χ3v) is 10.3. The quantitative estimate of drug-likeness (QED) is 0.281. The number of rotatable bonds is 6. The number of alkyl halides is 3. The van der Waals surface area contributed by atoms with Crippen LogP contribution < -0.4 is 9.64 Å². The molecule has 0 saturated heterocycles. The highest BCUT2D eigenvalue weighted by Crippen LogP contribution is 2.45. The van der Waals surface area contributed by atoms with Gasteiger partial charge < -0.3 is 14.7 Å². The normalized spacial score (nSPS) is 19.5. The fourth-order valence-corrected chi connectivity index (χ4v) is 7.76. The Labute approximate surface area is 251 Å². The molecule has 43 heavy (non-hydrogen) atoms. The number of benzene rings is 3. The van der Waals surface area contributed by atoms with Gasteiger partial charge in [-0.3, -0.25) is 0 Å². The summed E-state index contributed by atoms with van der Waals surface area (Å²) >= 11 is 6.69. The van der Waals surface area contributed by atoms with Gasteiger partial charge >= 0.3 is 12.1 Å². The van der Waals surface area contributed by atoms with Gasteiger partial charge in [0, 0.05) is 37.0 Å². The molecule has 1 heterocycles. The molecule has 230 valence electrons. The number of aromatic carboxylic acids is 1. The zero-order valence-electron chi connectivity index (χ0n) is 23.1. The van der Waals surface area contributed by atoms with Gasteiger partial charge in [0.05, 0.1) is 16.3 Å². The summed E-state index contributed by atoms with van der Waals surface area (Å²) in [7, 11) is -2.64. The van der Waals surface area contributed by atoms with Crippen LogP contribution in [-0.2, 0) is 10.0 Å². The van der Waals surface area contributed by atoms with Crippen LogP contribution in [0.2, 0.25) is 5.02 Å². The van der Waals surface area contributed by atoms with Crippen LogP contribution in [-0.4, -0.2) is 56.2 Å². The highest BCUT2D eigenvalue weighted by Gasteiger charge is 2.41. The molecule has 13 heteroatoms. The highest BCUT2D eigenvalue weighted by molar-refractivity contribution is 7.89. The van der Waals surface area contributed by atoms with Gasteiger partial charge in [-0.15, -0.1) is 0 Å². The molecule has 0 unspecified atom stereocenters. The van der Waals surface area contributed by atoms with Crippen molar-refractivity contribution in [2.45, 2.75) is 49.2 Å². The predicted octanol–water partition coefficient (Wildman–Crippen LogP) is 7.51. The molecule has 0 aromatic heterocycles. The highest BCUT2D eigenvalue weighted by atomic mass is 35.5. The fraction of sp³-hybridized carbons (Fsp3) is 0.367. The van der Waals surface area contributed by atoms with Crippen LogP contribution >= 0.6 is 11.6 Å². The smallest absolute Gasteiger partial charge is 0.422 e. The molecule has 1 aliphatic carbocycles. The minimum absolute atomic E-state index is 0.0405. The van der Waals surface area contributed by atoms with Gasteiger partial charge in [0.1, 0.15) is 16.5 Å². The summed E-state index contributed by atoms with van der Waals surface area (Å²) in [5.74, 6) is -2.45. The van der Waals surface area contributed by atoms with E-state index >= 15 is 0 Å². The zero-order valence-corrected chi connectivity index (χ0v) is 24.6. The van der Waals surface area contributed by atoms with Crippen LogP contribution in [0.25, 0.3) is 11.1 Å². The number of carboxylic acid groups (broad SMARTS) is 1. The Hall–Kier alpha value is -3.35. The molecule has 0 spiro atoms. The predicted molar refractivity (Wildman–Crippen MR) is 154 cm³/mol. The van der Waals surface area contributed by atoms with Crippen LogP contribution in [0.15, 0.2) is 59.5 Å². The number of hydrogen-bond acceptors (Lipinski definition) is 5. The summed E-state index contributed by atoms with van der Waals surface area (Å²) in [4.78, 5) is 13.2. The van der Waals surface area contributed by atoms with Crippen molar-refractivity contribution >= 4 is 39.0 Å². The molecule has 2 aliphatic rings. The lowest BCUT2D eigenvalue weighted by molar-refractivity contribution is -0.153. The number of ether oxygens (including phenoxy) is 1. The zero-order chi connectivity index (χ0) is 31.1. The number of carbonyl (C=O) groups is 1. The molecule has 3 aromatic carbocycles. The third kappa shape index (κ3) is 6.46. The number of hydrogen-bond donors (Lipinski definition) is 1. The minimum atomic E-state index is -4.54. The van der Waals surface area contributed by atoms with Crippen molar-refractivity contribution in [2.24, 2.45) is 5.92 Å². The van der Waals surface area contributed by atoms with E-state index in [-0.39, 0.29) is 44.9 Å². The largest absolute Gasteiger partial charge is 0.484 e. The molecule has 5 rings (SSSR count). The number of sulfonamides is 1. The Kier molecular flexibility index (Phi) is 8.65. The molecule has 1 aliphatic heterocycles. The van der Waals surface area contributed by atoms with Gasteiger partial charge in [-0.2, -0.15) is 17.5 Å². The Morgan fingerprint density at radius 2 is 1.79 bits per heavy atom. The van der Waals surface area contributed by atoms with E-state index in [1.54, 1.807) is 11.0 Å². The lowest BCUT2D eigenvalue weighted by Crippen LogP contribution is -2.46. The second-order valence-electron chi connectivity index (χ2n) is 10.8. The van der Waals surface area contributed by atoms with Crippen LogP contribution in [0, 0.1) is 11.7 Å². The first-order valence-corrected chi connectivity index (χ1v) is 15.5. The monoisotopic (exact) mass is 640 g/mol. The molecule has 1 saturated carbocycles. The molecule has 7 nitrogen and oxygen atoms in total. The Balaban J connectivity index is 1.68. The van der Waals surface area contributed by atoms with Gasteiger partial charge in [0.2, 0.25) is 10.0 Å². The van der Waals surface area contributed by atoms with E-state index in [2.05, 4.69) is 0 Å².